The topological polar surface area (TPSA) is 53.9 Å². The van der Waals surface area contributed by atoms with E-state index in [0.717, 1.165) is 10.5 Å². The molecule has 5 nitrogen and oxygen atoms in total. The molecule has 0 saturated carbocycles. The third-order valence-electron chi connectivity index (χ3n) is 3.79. The third kappa shape index (κ3) is 7.10. The number of hydrogen-bond donors (Lipinski definition) is 1. The Balaban J connectivity index is 0.00000364. The molecule has 1 unspecified atom stereocenters. The summed E-state index contributed by atoms with van der Waals surface area (Å²) in [6, 6.07) is 14.2. The van der Waals surface area contributed by atoms with E-state index in [9.17, 15) is 8.60 Å². The molecule has 148 valence electrons. The first-order valence-electron chi connectivity index (χ1n) is 8.22. The van der Waals surface area contributed by atoms with E-state index in [1.807, 2.05) is 48.3 Å². The van der Waals surface area contributed by atoms with Crippen LogP contribution in [0.3, 0.4) is 0 Å². The minimum absolute atomic E-state index is 0. The number of hydrogen-bond acceptors (Lipinski definition) is 3. The number of nitrogens with zero attached hydrogens (tertiary/aromatic N) is 2. The smallest absolute Gasteiger partial charge is 0.193 e. The van der Waals surface area contributed by atoms with Crippen molar-refractivity contribution in [3.63, 3.8) is 0 Å². The van der Waals surface area contributed by atoms with Crippen molar-refractivity contribution in [3.05, 3.63) is 59.9 Å². The molecule has 2 aromatic carbocycles. The molecule has 0 aromatic heterocycles. The fraction of sp³-hybridized carbons (Fsp3) is 0.316. The Morgan fingerprint density at radius 2 is 1.96 bits per heavy atom. The zero-order chi connectivity index (χ0) is 18.9. The maximum Gasteiger partial charge on any atom is 0.193 e. The fourth-order valence-electron chi connectivity index (χ4n) is 2.49. The van der Waals surface area contributed by atoms with Gasteiger partial charge in [0.2, 0.25) is 0 Å². The van der Waals surface area contributed by atoms with Crippen molar-refractivity contribution in [1.29, 1.82) is 0 Å². The van der Waals surface area contributed by atoms with E-state index in [1.54, 1.807) is 13.1 Å². The highest BCUT2D eigenvalue weighted by atomic mass is 127. The lowest BCUT2D eigenvalue weighted by Gasteiger charge is -2.22. The molecule has 0 aliphatic rings. The van der Waals surface area contributed by atoms with Crippen molar-refractivity contribution in [3.8, 4) is 5.75 Å². The molecule has 27 heavy (non-hydrogen) atoms. The third-order valence-corrected chi connectivity index (χ3v) is 5.16. The highest BCUT2D eigenvalue weighted by Gasteiger charge is 2.10. The number of aliphatic imine (C=N–C) groups is 1. The first-order chi connectivity index (χ1) is 12.5. The van der Waals surface area contributed by atoms with Crippen LogP contribution in [0.15, 0.2) is 58.4 Å². The van der Waals surface area contributed by atoms with Crippen molar-refractivity contribution in [2.24, 2.45) is 4.99 Å². The van der Waals surface area contributed by atoms with Crippen LogP contribution in [0.4, 0.5) is 4.39 Å². The van der Waals surface area contributed by atoms with E-state index in [2.05, 4.69) is 10.3 Å². The van der Waals surface area contributed by atoms with Gasteiger partial charge in [-0.05, 0) is 29.8 Å². The van der Waals surface area contributed by atoms with Crippen LogP contribution < -0.4 is 10.1 Å². The van der Waals surface area contributed by atoms with Crippen LogP contribution in [0, 0.1) is 5.82 Å². The number of guanidine groups is 1. The molecule has 0 heterocycles. The molecule has 0 fully saturated rings. The van der Waals surface area contributed by atoms with Gasteiger partial charge in [-0.1, -0.05) is 24.3 Å². The van der Waals surface area contributed by atoms with Crippen molar-refractivity contribution >= 4 is 40.7 Å². The first kappa shape index (κ1) is 23.4. The largest absolute Gasteiger partial charge is 0.494 e. The van der Waals surface area contributed by atoms with Crippen molar-refractivity contribution < 1.29 is 13.3 Å². The molecule has 0 spiro atoms. The Kier molecular flexibility index (Phi) is 10.3. The van der Waals surface area contributed by atoms with Crippen molar-refractivity contribution in [1.82, 2.24) is 10.2 Å². The Morgan fingerprint density at radius 3 is 2.56 bits per heavy atom. The fourth-order valence-corrected chi connectivity index (χ4v) is 3.47. The highest BCUT2D eigenvalue weighted by Crippen LogP contribution is 2.18. The number of nitrogens with one attached hydrogen (secondary N) is 1. The molecule has 1 N–H and O–H groups in total. The SMILES string of the molecule is CN=C(NCCS(=O)c1ccccc1)N(C)Cc1ccc(OC)c(F)c1.I. The zero-order valence-corrected chi connectivity index (χ0v) is 18.8. The molecule has 0 radical (unpaired) electrons. The molecular formula is C19H25FIN3O2S. The summed E-state index contributed by atoms with van der Waals surface area (Å²) >= 11 is 0. The summed E-state index contributed by atoms with van der Waals surface area (Å²) < 4.78 is 31.0. The van der Waals surface area contributed by atoms with Gasteiger partial charge < -0.3 is 15.0 Å². The van der Waals surface area contributed by atoms with Gasteiger partial charge in [-0.3, -0.25) is 9.20 Å². The van der Waals surface area contributed by atoms with Gasteiger partial charge in [0, 0.05) is 37.8 Å². The van der Waals surface area contributed by atoms with Gasteiger partial charge in [0.25, 0.3) is 0 Å². The standard InChI is InChI=1S/C19H24FN3O2S.HI/c1-21-19(22-11-12-26(24)16-7-5-4-6-8-16)23(2)14-15-9-10-18(25-3)17(20)13-15;/h4-10,13H,11-12,14H2,1-3H3,(H,21,22);1H. The van der Waals surface area contributed by atoms with Gasteiger partial charge in [-0.15, -0.1) is 24.0 Å². The van der Waals surface area contributed by atoms with E-state index in [0.29, 0.717) is 24.8 Å². The Morgan fingerprint density at radius 1 is 1.26 bits per heavy atom. The molecule has 2 aromatic rings. The molecule has 2 rings (SSSR count). The number of benzene rings is 2. The predicted molar refractivity (Wildman–Crippen MR) is 119 cm³/mol. The Bertz CT molecular complexity index is 775. The van der Waals surface area contributed by atoms with E-state index in [4.69, 9.17) is 4.74 Å². The summed E-state index contributed by atoms with van der Waals surface area (Å²) in [5.41, 5.74) is 0.807. The lowest BCUT2D eigenvalue weighted by Crippen LogP contribution is -2.40. The summed E-state index contributed by atoms with van der Waals surface area (Å²) in [6.07, 6.45) is 0. The minimum Gasteiger partial charge on any atom is -0.494 e. The lowest BCUT2D eigenvalue weighted by atomic mass is 10.2. The van der Waals surface area contributed by atoms with Crippen LogP contribution in [-0.4, -0.2) is 48.6 Å². The molecule has 0 bridgehead atoms. The summed E-state index contributed by atoms with van der Waals surface area (Å²) in [6.45, 7) is 1.01. The van der Waals surface area contributed by atoms with Crippen LogP contribution in [-0.2, 0) is 17.3 Å². The normalized spacial score (nSPS) is 12.1. The summed E-state index contributed by atoms with van der Waals surface area (Å²) in [7, 11) is 3.93. The number of halogens is 2. The van der Waals surface area contributed by atoms with Crippen LogP contribution in [0.5, 0.6) is 5.75 Å². The van der Waals surface area contributed by atoms with Gasteiger partial charge in [-0.2, -0.15) is 0 Å². The number of rotatable bonds is 7. The van der Waals surface area contributed by atoms with Crippen molar-refractivity contribution in [2.45, 2.75) is 11.4 Å². The predicted octanol–water partition coefficient (Wildman–Crippen LogP) is 3.27. The first-order valence-corrected chi connectivity index (χ1v) is 9.54. The van der Waals surface area contributed by atoms with Crippen LogP contribution in [0.25, 0.3) is 0 Å². The second-order valence-electron chi connectivity index (χ2n) is 5.66. The van der Waals surface area contributed by atoms with E-state index >= 15 is 0 Å². The molecule has 1 atom stereocenters. The van der Waals surface area contributed by atoms with E-state index in [-0.39, 0.29) is 35.5 Å². The summed E-state index contributed by atoms with van der Waals surface area (Å²) in [4.78, 5) is 6.92. The van der Waals surface area contributed by atoms with E-state index < -0.39 is 10.8 Å². The lowest BCUT2D eigenvalue weighted by molar-refractivity contribution is 0.385. The second kappa shape index (κ2) is 11.9. The average Bonchev–Trinajstić information content (AvgIpc) is 2.66. The van der Waals surface area contributed by atoms with E-state index in [1.165, 1.54) is 13.2 Å². The Hall–Kier alpha value is -1.68. The van der Waals surface area contributed by atoms with Gasteiger partial charge in [0.1, 0.15) is 0 Å². The molecule has 8 heteroatoms. The molecule has 0 amide bonds. The molecule has 0 saturated heterocycles. The number of methoxy groups -OCH3 is 1. The highest BCUT2D eigenvalue weighted by molar-refractivity contribution is 14.0. The molecule has 0 aliphatic carbocycles. The Labute approximate surface area is 179 Å². The quantitative estimate of drug-likeness (QED) is 0.357. The van der Waals surface area contributed by atoms with Crippen molar-refractivity contribution in [2.75, 3.05) is 33.5 Å². The van der Waals surface area contributed by atoms with Crippen LogP contribution in [0.2, 0.25) is 0 Å². The average molecular weight is 505 g/mol. The van der Waals surface area contributed by atoms with Gasteiger partial charge in [0.05, 0.1) is 17.9 Å². The molecule has 0 aliphatic heterocycles. The van der Waals surface area contributed by atoms with Crippen LogP contribution >= 0.6 is 24.0 Å². The maximum absolute atomic E-state index is 13.8. The van der Waals surface area contributed by atoms with Gasteiger partial charge in [0.15, 0.2) is 17.5 Å². The van der Waals surface area contributed by atoms with Crippen LogP contribution in [0.1, 0.15) is 5.56 Å². The number of ether oxygens (including phenoxy) is 1. The zero-order valence-electron chi connectivity index (χ0n) is 15.6. The second-order valence-corrected chi connectivity index (χ2v) is 7.23. The summed E-state index contributed by atoms with van der Waals surface area (Å²) in [5.74, 6) is 0.974. The van der Waals surface area contributed by atoms with Gasteiger partial charge in [-0.25, -0.2) is 4.39 Å². The maximum atomic E-state index is 13.8. The summed E-state index contributed by atoms with van der Waals surface area (Å²) in [5, 5.41) is 3.19. The van der Waals surface area contributed by atoms with Gasteiger partial charge >= 0.3 is 0 Å². The molecular weight excluding hydrogens is 480 g/mol. The monoisotopic (exact) mass is 505 g/mol. The minimum atomic E-state index is -1.06.